The van der Waals surface area contributed by atoms with Crippen molar-refractivity contribution in [3.05, 3.63) is 38.9 Å². The second kappa shape index (κ2) is 7.21. The first-order valence-corrected chi connectivity index (χ1v) is 6.67. The van der Waals surface area contributed by atoms with Crippen LogP contribution in [0.4, 0.5) is 5.69 Å². The van der Waals surface area contributed by atoms with E-state index in [0.29, 0.717) is 12.5 Å². The van der Waals surface area contributed by atoms with E-state index in [1.807, 2.05) is 13.8 Å². The van der Waals surface area contributed by atoms with E-state index in [0.717, 1.165) is 12.5 Å². The quantitative estimate of drug-likeness (QED) is 0.622. The summed E-state index contributed by atoms with van der Waals surface area (Å²) in [5.74, 6) is 0.0252. The van der Waals surface area contributed by atoms with Gasteiger partial charge in [-0.15, -0.1) is 0 Å². The highest BCUT2D eigenvalue weighted by molar-refractivity contribution is 6.34. The molecule has 0 aliphatic carbocycles. The van der Waals surface area contributed by atoms with Crippen LogP contribution in [0.5, 0.6) is 0 Å². The van der Waals surface area contributed by atoms with E-state index in [2.05, 4.69) is 5.32 Å². The molecule has 0 aliphatic heterocycles. The number of rotatable bonds is 6. The van der Waals surface area contributed by atoms with E-state index in [1.165, 1.54) is 12.1 Å². The van der Waals surface area contributed by atoms with Crippen LogP contribution in [0.2, 0.25) is 5.02 Å². The first kappa shape index (κ1) is 16.4. The molecule has 110 valence electrons. The summed E-state index contributed by atoms with van der Waals surface area (Å²) in [4.78, 5) is 22.1. The number of carbonyl (C=O) groups is 1. The summed E-state index contributed by atoms with van der Waals surface area (Å²) in [5.41, 5.74) is 5.67. The Kier molecular flexibility index (Phi) is 5.91. The van der Waals surface area contributed by atoms with E-state index in [9.17, 15) is 14.9 Å². The lowest BCUT2D eigenvalue weighted by atomic mass is 10.0. The van der Waals surface area contributed by atoms with E-state index >= 15 is 0 Å². The number of nitrogens with two attached hydrogens (primary N) is 1. The van der Waals surface area contributed by atoms with Crippen molar-refractivity contribution in [1.82, 2.24) is 5.32 Å². The summed E-state index contributed by atoms with van der Waals surface area (Å²) in [6, 6.07) is 3.62. The molecule has 1 unspecified atom stereocenters. The van der Waals surface area contributed by atoms with Crippen molar-refractivity contribution in [3.63, 3.8) is 0 Å². The fourth-order valence-electron chi connectivity index (χ4n) is 1.85. The highest BCUT2D eigenvalue weighted by atomic mass is 35.5. The number of nitrogens with zero attached hydrogens (tertiary/aromatic N) is 1. The first-order valence-electron chi connectivity index (χ1n) is 6.30. The zero-order chi connectivity index (χ0) is 15.3. The summed E-state index contributed by atoms with van der Waals surface area (Å²) in [5, 5.41) is 13.4. The van der Waals surface area contributed by atoms with Gasteiger partial charge in [0.05, 0.1) is 15.5 Å². The Labute approximate surface area is 122 Å². The van der Waals surface area contributed by atoms with E-state index in [4.69, 9.17) is 17.3 Å². The molecule has 0 heterocycles. The van der Waals surface area contributed by atoms with E-state index < -0.39 is 4.92 Å². The largest absolute Gasteiger partial charge is 0.348 e. The van der Waals surface area contributed by atoms with Crippen LogP contribution in [0.3, 0.4) is 0 Å². The maximum absolute atomic E-state index is 12.1. The van der Waals surface area contributed by atoms with Crippen LogP contribution in [0.15, 0.2) is 18.2 Å². The Hall–Kier alpha value is -1.66. The number of carbonyl (C=O) groups excluding carboxylic acids is 1. The average Bonchev–Trinajstić information content (AvgIpc) is 2.36. The van der Waals surface area contributed by atoms with E-state index in [-0.39, 0.29) is 28.2 Å². The number of hydrogen-bond acceptors (Lipinski definition) is 4. The minimum atomic E-state index is -0.561. The minimum absolute atomic E-state index is 0.0528. The SMILES string of the molecule is CC(C)CC(CN)NC(=O)c1ccc([N+](=O)[O-])cc1Cl. The van der Waals surface area contributed by atoms with Crippen molar-refractivity contribution < 1.29 is 9.72 Å². The van der Waals surface area contributed by atoms with Gasteiger partial charge in [-0.25, -0.2) is 0 Å². The van der Waals surface area contributed by atoms with Crippen molar-refractivity contribution in [2.24, 2.45) is 11.7 Å². The van der Waals surface area contributed by atoms with Gasteiger partial charge < -0.3 is 11.1 Å². The zero-order valence-corrected chi connectivity index (χ0v) is 12.2. The predicted octanol–water partition coefficient (Wildman–Crippen LogP) is 2.35. The number of nitro groups is 1. The van der Waals surface area contributed by atoms with Crippen LogP contribution in [-0.2, 0) is 0 Å². The lowest BCUT2D eigenvalue weighted by Crippen LogP contribution is -2.41. The Morgan fingerprint density at radius 2 is 2.15 bits per heavy atom. The van der Waals surface area contributed by atoms with Crippen LogP contribution >= 0.6 is 11.6 Å². The maximum atomic E-state index is 12.1. The normalized spacial score (nSPS) is 12.2. The molecule has 0 aliphatic rings. The molecule has 1 atom stereocenters. The number of nitrogens with one attached hydrogen (secondary N) is 1. The van der Waals surface area contributed by atoms with Crippen molar-refractivity contribution in [2.75, 3.05) is 6.54 Å². The fourth-order valence-corrected chi connectivity index (χ4v) is 2.11. The van der Waals surface area contributed by atoms with Crippen LogP contribution < -0.4 is 11.1 Å². The maximum Gasteiger partial charge on any atom is 0.270 e. The monoisotopic (exact) mass is 299 g/mol. The van der Waals surface area contributed by atoms with Gasteiger partial charge in [0.2, 0.25) is 0 Å². The molecule has 0 radical (unpaired) electrons. The molecule has 0 saturated heterocycles. The molecule has 3 N–H and O–H groups in total. The molecule has 0 saturated carbocycles. The summed E-state index contributed by atoms with van der Waals surface area (Å²) < 4.78 is 0. The molecule has 1 aromatic rings. The fraction of sp³-hybridized carbons (Fsp3) is 0.462. The third-order valence-corrected chi connectivity index (χ3v) is 3.10. The van der Waals surface area contributed by atoms with Gasteiger partial charge in [-0.05, 0) is 18.4 Å². The second-order valence-corrected chi connectivity index (χ2v) is 5.36. The molecule has 0 spiro atoms. The summed E-state index contributed by atoms with van der Waals surface area (Å²) >= 11 is 5.90. The molecule has 20 heavy (non-hydrogen) atoms. The Morgan fingerprint density at radius 1 is 1.50 bits per heavy atom. The van der Waals surface area contributed by atoms with Crippen molar-refractivity contribution in [3.8, 4) is 0 Å². The molecule has 7 heteroatoms. The third-order valence-electron chi connectivity index (χ3n) is 2.78. The average molecular weight is 300 g/mol. The lowest BCUT2D eigenvalue weighted by Gasteiger charge is -2.19. The number of halogens is 1. The topological polar surface area (TPSA) is 98.3 Å². The van der Waals surface area contributed by atoms with E-state index in [1.54, 1.807) is 0 Å². The highest BCUT2D eigenvalue weighted by Gasteiger charge is 2.18. The molecule has 0 aromatic heterocycles. The molecule has 0 fully saturated rings. The molecule has 6 nitrogen and oxygen atoms in total. The Balaban J connectivity index is 2.84. The Bertz CT molecular complexity index is 506. The second-order valence-electron chi connectivity index (χ2n) is 4.96. The smallest absolute Gasteiger partial charge is 0.270 e. The van der Waals surface area contributed by atoms with Crippen molar-refractivity contribution in [1.29, 1.82) is 0 Å². The molecule has 1 aromatic carbocycles. The number of non-ortho nitro benzene ring substituents is 1. The molecule has 0 bridgehead atoms. The standard InChI is InChI=1S/C13H18ClN3O3/c1-8(2)5-9(7-15)16-13(18)11-4-3-10(17(19)20)6-12(11)14/h3-4,6,8-9H,5,7,15H2,1-2H3,(H,16,18). The van der Waals surface area contributed by atoms with Gasteiger partial charge in [-0.3, -0.25) is 14.9 Å². The molecule has 1 amide bonds. The van der Waals surface area contributed by atoms with Crippen LogP contribution in [0.25, 0.3) is 0 Å². The van der Waals surface area contributed by atoms with Gasteiger partial charge in [-0.2, -0.15) is 0 Å². The Morgan fingerprint density at radius 3 is 2.60 bits per heavy atom. The van der Waals surface area contributed by atoms with Gasteiger partial charge in [0.15, 0.2) is 0 Å². The first-order chi connectivity index (χ1) is 9.35. The van der Waals surface area contributed by atoms with Gasteiger partial charge >= 0.3 is 0 Å². The summed E-state index contributed by atoms with van der Waals surface area (Å²) in [7, 11) is 0. The summed E-state index contributed by atoms with van der Waals surface area (Å²) in [6.45, 7) is 4.40. The number of nitro benzene ring substituents is 1. The number of benzene rings is 1. The highest BCUT2D eigenvalue weighted by Crippen LogP contribution is 2.22. The number of hydrogen-bond donors (Lipinski definition) is 2. The van der Waals surface area contributed by atoms with Gasteiger partial charge in [0.1, 0.15) is 0 Å². The predicted molar refractivity (Wildman–Crippen MR) is 77.9 cm³/mol. The van der Waals surface area contributed by atoms with Crippen LogP contribution in [-0.4, -0.2) is 23.4 Å². The van der Waals surface area contributed by atoms with Gasteiger partial charge in [0.25, 0.3) is 11.6 Å². The van der Waals surface area contributed by atoms with Crippen molar-refractivity contribution in [2.45, 2.75) is 26.3 Å². The van der Waals surface area contributed by atoms with Crippen LogP contribution in [0, 0.1) is 16.0 Å². The molecule has 1 rings (SSSR count). The van der Waals surface area contributed by atoms with Crippen molar-refractivity contribution >= 4 is 23.2 Å². The lowest BCUT2D eigenvalue weighted by molar-refractivity contribution is -0.384. The van der Waals surface area contributed by atoms with Gasteiger partial charge in [-0.1, -0.05) is 25.4 Å². The molecular weight excluding hydrogens is 282 g/mol. The molecular formula is C13H18ClN3O3. The number of amides is 1. The van der Waals surface area contributed by atoms with Gasteiger partial charge in [0, 0.05) is 24.7 Å². The third kappa shape index (κ3) is 4.47. The van der Waals surface area contributed by atoms with Crippen LogP contribution in [0.1, 0.15) is 30.6 Å². The minimum Gasteiger partial charge on any atom is -0.348 e. The zero-order valence-electron chi connectivity index (χ0n) is 11.4. The summed E-state index contributed by atoms with van der Waals surface area (Å²) in [6.07, 6.45) is 0.757.